The molecule has 2 rings (SSSR count). The molecule has 0 aliphatic rings. The zero-order chi connectivity index (χ0) is 14.0. The van der Waals surface area contributed by atoms with Crippen LogP contribution in [-0.2, 0) is 0 Å². The Labute approximate surface area is 115 Å². The normalized spacial score (nSPS) is 12.7. The van der Waals surface area contributed by atoms with Crippen molar-refractivity contribution in [1.82, 2.24) is 9.55 Å². The Kier molecular flexibility index (Phi) is 3.93. The van der Waals surface area contributed by atoms with Crippen molar-refractivity contribution in [3.05, 3.63) is 47.3 Å². The number of aryl methyl sites for hydroxylation is 2. The number of nitrogens with zero attached hydrogens (tertiary/aromatic N) is 2. The number of hydrogen-bond acceptors (Lipinski definition) is 2. The minimum absolute atomic E-state index is 0.281. The molecule has 1 unspecified atom stereocenters. The van der Waals surface area contributed by atoms with Gasteiger partial charge in [-0.1, -0.05) is 29.8 Å². The maximum absolute atomic E-state index is 4.57. The van der Waals surface area contributed by atoms with Gasteiger partial charge >= 0.3 is 0 Å². The minimum Gasteiger partial charge on any atom is -0.353 e. The Morgan fingerprint density at radius 2 is 1.68 bits per heavy atom. The number of hydrogen-bond donors (Lipinski definition) is 1. The van der Waals surface area contributed by atoms with E-state index in [0.29, 0.717) is 6.04 Å². The van der Waals surface area contributed by atoms with Gasteiger partial charge in [0.15, 0.2) is 0 Å². The maximum atomic E-state index is 4.57. The summed E-state index contributed by atoms with van der Waals surface area (Å²) in [5.74, 6) is 0.945. The molecular weight excluding hydrogens is 234 g/mol. The van der Waals surface area contributed by atoms with Crippen LogP contribution >= 0.6 is 0 Å². The number of nitrogens with one attached hydrogen (secondary N) is 1. The van der Waals surface area contributed by atoms with E-state index >= 15 is 0 Å². The highest BCUT2D eigenvalue weighted by molar-refractivity contribution is 5.34. The molecule has 0 amide bonds. The van der Waals surface area contributed by atoms with Gasteiger partial charge in [-0.25, -0.2) is 4.98 Å². The lowest BCUT2D eigenvalue weighted by molar-refractivity contribution is 0.638. The van der Waals surface area contributed by atoms with E-state index in [1.165, 1.54) is 11.1 Å². The molecule has 0 aliphatic carbocycles. The predicted octanol–water partition coefficient (Wildman–Crippen LogP) is 3.93. The summed E-state index contributed by atoms with van der Waals surface area (Å²) in [6, 6.07) is 9.35. The van der Waals surface area contributed by atoms with Crippen LogP contribution in [0.1, 0.15) is 43.6 Å². The molecule has 1 aromatic carbocycles. The molecule has 0 radical (unpaired) electrons. The molecule has 3 heteroatoms. The fourth-order valence-electron chi connectivity index (χ4n) is 2.18. The molecule has 2 aromatic rings. The van der Waals surface area contributed by atoms with Gasteiger partial charge in [0.05, 0.1) is 11.7 Å². The Bertz CT molecular complexity index is 538. The molecule has 3 nitrogen and oxygen atoms in total. The molecule has 1 aromatic heterocycles. The summed E-state index contributed by atoms with van der Waals surface area (Å²) in [7, 11) is 0. The van der Waals surface area contributed by atoms with Crippen LogP contribution in [0.2, 0.25) is 0 Å². The van der Waals surface area contributed by atoms with Gasteiger partial charge in [0, 0.05) is 12.2 Å². The standard InChI is InChI=1S/C16H23N3/c1-11(2)17-16-18-13(4)10-19(16)14(5)15-8-6-12(3)7-9-15/h6-11,14H,1-5H3,(H,17,18). The first-order valence-corrected chi connectivity index (χ1v) is 6.86. The molecule has 0 spiro atoms. The van der Waals surface area contributed by atoms with Gasteiger partial charge in [0.2, 0.25) is 5.95 Å². The topological polar surface area (TPSA) is 29.9 Å². The van der Waals surface area contributed by atoms with Crippen LogP contribution in [-0.4, -0.2) is 15.6 Å². The van der Waals surface area contributed by atoms with Gasteiger partial charge in [-0.15, -0.1) is 0 Å². The molecule has 0 bridgehead atoms. The molecule has 0 saturated heterocycles. The van der Waals surface area contributed by atoms with E-state index in [9.17, 15) is 0 Å². The summed E-state index contributed by atoms with van der Waals surface area (Å²) in [5.41, 5.74) is 3.63. The molecule has 19 heavy (non-hydrogen) atoms. The third kappa shape index (κ3) is 3.16. The lowest BCUT2D eigenvalue weighted by atomic mass is 10.1. The van der Waals surface area contributed by atoms with E-state index in [2.05, 4.69) is 73.0 Å². The molecule has 102 valence electrons. The van der Waals surface area contributed by atoms with E-state index in [1.54, 1.807) is 0 Å². The summed E-state index contributed by atoms with van der Waals surface area (Å²) >= 11 is 0. The average Bonchev–Trinajstić information content (AvgIpc) is 2.69. The predicted molar refractivity (Wildman–Crippen MR) is 80.7 cm³/mol. The van der Waals surface area contributed by atoms with Crippen molar-refractivity contribution in [2.24, 2.45) is 0 Å². The molecule has 1 atom stereocenters. The van der Waals surface area contributed by atoms with Crippen LogP contribution in [0, 0.1) is 13.8 Å². The fourth-order valence-corrected chi connectivity index (χ4v) is 2.18. The first-order valence-electron chi connectivity index (χ1n) is 6.86. The van der Waals surface area contributed by atoms with Crippen molar-refractivity contribution >= 4 is 5.95 Å². The second-order valence-electron chi connectivity index (χ2n) is 5.50. The van der Waals surface area contributed by atoms with Crippen molar-refractivity contribution in [2.45, 2.75) is 46.7 Å². The summed E-state index contributed by atoms with van der Waals surface area (Å²) in [6.45, 7) is 10.6. The summed E-state index contributed by atoms with van der Waals surface area (Å²) in [6.07, 6.45) is 2.11. The zero-order valence-corrected chi connectivity index (χ0v) is 12.4. The third-order valence-corrected chi connectivity index (χ3v) is 3.25. The van der Waals surface area contributed by atoms with Crippen LogP contribution in [0.15, 0.2) is 30.5 Å². The van der Waals surface area contributed by atoms with Crippen LogP contribution < -0.4 is 5.32 Å². The second kappa shape index (κ2) is 5.47. The van der Waals surface area contributed by atoms with Crippen molar-refractivity contribution in [2.75, 3.05) is 5.32 Å². The molecule has 0 fully saturated rings. The average molecular weight is 257 g/mol. The summed E-state index contributed by atoms with van der Waals surface area (Å²) in [5, 5.41) is 3.41. The highest BCUT2D eigenvalue weighted by atomic mass is 15.2. The second-order valence-corrected chi connectivity index (χ2v) is 5.50. The Morgan fingerprint density at radius 3 is 2.26 bits per heavy atom. The first-order chi connectivity index (χ1) is 8.97. The highest BCUT2D eigenvalue weighted by Crippen LogP contribution is 2.23. The van der Waals surface area contributed by atoms with Crippen molar-refractivity contribution in [3.63, 3.8) is 0 Å². The SMILES string of the molecule is Cc1ccc(C(C)n2cc(C)nc2NC(C)C)cc1. The largest absolute Gasteiger partial charge is 0.353 e. The van der Waals surface area contributed by atoms with Crippen LogP contribution in [0.3, 0.4) is 0 Å². The van der Waals surface area contributed by atoms with Crippen molar-refractivity contribution < 1.29 is 0 Å². The minimum atomic E-state index is 0.281. The summed E-state index contributed by atoms with van der Waals surface area (Å²) < 4.78 is 2.21. The number of imidazole rings is 1. The van der Waals surface area contributed by atoms with Gasteiger partial charge in [-0.05, 0) is 40.2 Å². The van der Waals surface area contributed by atoms with E-state index in [-0.39, 0.29) is 6.04 Å². The van der Waals surface area contributed by atoms with Gasteiger partial charge < -0.3 is 9.88 Å². The van der Waals surface area contributed by atoms with Crippen LogP contribution in [0.25, 0.3) is 0 Å². The van der Waals surface area contributed by atoms with Crippen LogP contribution in [0.4, 0.5) is 5.95 Å². The van der Waals surface area contributed by atoms with Gasteiger partial charge in [0.25, 0.3) is 0 Å². The maximum Gasteiger partial charge on any atom is 0.203 e. The van der Waals surface area contributed by atoms with E-state index < -0.39 is 0 Å². The fraction of sp³-hybridized carbons (Fsp3) is 0.438. The van der Waals surface area contributed by atoms with E-state index in [1.807, 2.05) is 6.92 Å². The third-order valence-electron chi connectivity index (χ3n) is 3.25. The van der Waals surface area contributed by atoms with Gasteiger partial charge in [0.1, 0.15) is 0 Å². The quantitative estimate of drug-likeness (QED) is 0.899. The van der Waals surface area contributed by atoms with Gasteiger partial charge in [-0.2, -0.15) is 0 Å². The van der Waals surface area contributed by atoms with Gasteiger partial charge in [-0.3, -0.25) is 0 Å². The monoisotopic (exact) mass is 257 g/mol. The first kappa shape index (κ1) is 13.7. The Morgan fingerprint density at radius 1 is 1.05 bits per heavy atom. The molecular formula is C16H23N3. The Balaban J connectivity index is 2.32. The van der Waals surface area contributed by atoms with Crippen molar-refractivity contribution in [3.8, 4) is 0 Å². The molecule has 1 N–H and O–H groups in total. The van der Waals surface area contributed by atoms with Crippen molar-refractivity contribution in [1.29, 1.82) is 0 Å². The molecule has 0 saturated carbocycles. The number of anilines is 1. The Hall–Kier alpha value is -1.77. The van der Waals surface area contributed by atoms with E-state index in [4.69, 9.17) is 0 Å². The number of benzene rings is 1. The lowest BCUT2D eigenvalue weighted by Gasteiger charge is -2.19. The highest BCUT2D eigenvalue weighted by Gasteiger charge is 2.14. The summed E-state index contributed by atoms with van der Waals surface area (Å²) in [4.78, 5) is 4.57. The smallest absolute Gasteiger partial charge is 0.203 e. The molecule has 1 heterocycles. The van der Waals surface area contributed by atoms with E-state index in [0.717, 1.165) is 11.6 Å². The van der Waals surface area contributed by atoms with Crippen LogP contribution in [0.5, 0.6) is 0 Å². The zero-order valence-electron chi connectivity index (χ0n) is 12.4. The molecule has 0 aliphatic heterocycles. The lowest BCUT2D eigenvalue weighted by Crippen LogP contribution is -2.16. The number of rotatable bonds is 4. The number of aromatic nitrogens is 2.